The van der Waals surface area contributed by atoms with Gasteiger partial charge in [0.05, 0.1) is 23.8 Å². The Hall–Kier alpha value is -3.43. The van der Waals surface area contributed by atoms with Crippen LogP contribution in [0.3, 0.4) is 0 Å². The molecule has 26 heavy (non-hydrogen) atoms. The topological polar surface area (TPSA) is 100.0 Å². The normalized spacial score (nSPS) is 10.8. The molecule has 0 radical (unpaired) electrons. The van der Waals surface area contributed by atoms with Crippen LogP contribution in [0.1, 0.15) is 12.5 Å². The number of nitrogens with zero attached hydrogens (tertiary/aromatic N) is 2. The Morgan fingerprint density at radius 1 is 1.27 bits per heavy atom. The summed E-state index contributed by atoms with van der Waals surface area (Å²) < 4.78 is 40.1. The van der Waals surface area contributed by atoms with Crippen molar-refractivity contribution in [3.63, 3.8) is 0 Å². The minimum Gasteiger partial charge on any atom is -0.388 e. The lowest BCUT2D eigenvalue weighted by Crippen LogP contribution is -2.17. The number of amides is 1. The second kappa shape index (κ2) is 7.64. The average Bonchev–Trinajstić information content (AvgIpc) is 2.56. The number of anilines is 3. The van der Waals surface area contributed by atoms with Gasteiger partial charge in [-0.1, -0.05) is 6.58 Å². The van der Waals surface area contributed by atoms with Gasteiger partial charge in [0.25, 0.3) is 0 Å². The quantitative estimate of drug-likeness (QED) is 0.536. The molecule has 0 fully saturated rings. The average molecular weight is 365 g/mol. The Balaban J connectivity index is 2.21. The van der Waals surface area contributed by atoms with Crippen LogP contribution in [0, 0.1) is 5.41 Å². The standard InChI is InChI=1S/C16H14F3N5O2/c1-3-13(25)23-11-6-12(9(2)20)15(22-8-11)24-10-4-5-14(21-7-10)26-16(17,18)19/h3-8,20H,1H2,2H3,(H,22,24)(H,23,25). The van der Waals surface area contributed by atoms with Crippen LogP contribution in [0.4, 0.5) is 30.4 Å². The molecule has 0 unspecified atom stereocenters. The summed E-state index contributed by atoms with van der Waals surface area (Å²) in [6.07, 6.45) is -1.22. The molecule has 10 heteroatoms. The Bertz CT molecular complexity index is 835. The predicted octanol–water partition coefficient (Wildman–Crippen LogP) is 3.63. The van der Waals surface area contributed by atoms with E-state index in [9.17, 15) is 18.0 Å². The summed E-state index contributed by atoms with van der Waals surface area (Å²) in [5, 5.41) is 13.2. The van der Waals surface area contributed by atoms with Crippen LogP contribution in [0.2, 0.25) is 0 Å². The monoisotopic (exact) mass is 365 g/mol. The van der Waals surface area contributed by atoms with Gasteiger partial charge >= 0.3 is 6.36 Å². The first kappa shape index (κ1) is 18.9. The maximum atomic E-state index is 12.1. The molecule has 0 bridgehead atoms. The molecule has 3 N–H and O–H groups in total. The number of hydrogen-bond acceptors (Lipinski definition) is 6. The maximum Gasteiger partial charge on any atom is 0.574 e. The van der Waals surface area contributed by atoms with Crippen molar-refractivity contribution in [3.05, 3.63) is 48.8 Å². The molecule has 0 aliphatic carbocycles. The van der Waals surface area contributed by atoms with Gasteiger partial charge in [-0.05, 0) is 25.1 Å². The molecule has 0 aromatic carbocycles. The lowest BCUT2D eigenvalue weighted by Gasteiger charge is -2.13. The first-order chi connectivity index (χ1) is 12.2. The van der Waals surface area contributed by atoms with Crippen molar-refractivity contribution in [1.29, 1.82) is 5.41 Å². The highest BCUT2D eigenvalue weighted by Crippen LogP contribution is 2.25. The number of halogens is 3. The molecule has 2 rings (SSSR count). The van der Waals surface area contributed by atoms with Gasteiger partial charge < -0.3 is 20.8 Å². The predicted molar refractivity (Wildman–Crippen MR) is 89.8 cm³/mol. The Kier molecular flexibility index (Phi) is 5.55. The summed E-state index contributed by atoms with van der Waals surface area (Å²) in [4.78, 5) is 19.0. The van der Waals surface area contributed by atoms with Gasteiger partial charge in [-0.15, -0.1) is 13.2 Å². The van der Waals surface area contributed by atoms with E-state index in [1.165, 1.54) is 25.3 Å². The van der Waals surface area contributed by atoms with Crippen molar-refractivity contribution < 1.29 is 22.7 Å². The molecule has 0 saturated heterocycles. The Morgan fingerprint density at radius 2 is 1.96 bits per heavy atom. The van der Waals surface area contributed by atoms with Crippen LogP contribution in [-0.2, 0) is 4.79 Å². The zero-order valence-electron chi connectivity index (χ0n) is 13.5. The molecule has 1 amide bonds. The zero-order chi connectivity index (χ0) is 19.3. The van der Waals surface area contributed by atoms with Crippen LogP contribution in [0.5, 0.6) is 5.88 Å². The molecule has 0 spiro atoms. The van der Waals surface area contributed by atoms with E-state index in [4.69, 9.17) is 5.41 Å². The number of aromatic nitrogens is 2. The summed E-state index contributed by atoms with van der Waals surface area (Å²) in [7, 11) is 0. The minimum absolute atomic E-state index is 0.166. The fraction of sp³-hybridized carbons (Fsp3) is 0.125. The van der Waals surface area contributed by atoms with Gasteiger partial charge in [0, 0.05) is 17.3 Å². The van der Waals surface area contributed by atoms with Gasteiger partial charge in [-0.3, -0.25) is 4.79 Å². The minimum atomic E-state index is -4.82. The third kappa shape index (κ3) is 5.30. The highest BCUT2D eigenvalue weighted by molar-refractivity contribution is 6.04. The zero-order valence-corrected chi connectivity index (χ0v) is 13.5. The highest BCUT2D eigenvalue weighted by atomic mass is 19.4. The number of nitrogens with one attached hydrogen (secondary N) is 3. The van der Waals surface area contributed by atoms with E-state index in [1.807, 2.05) is 0 Å². The molecule has 7 nitrogen and oxygen atoms in total. The van der Waals surface area contributed by atoms with Gasteiger partial charge in [0.15, 0.2) is 0 Å². The Labute approximate surface area is 146 Å². The number of alkyl halides is 3. The summed E-state index contributed by atoms with van der Waals surface area (Å²) >= 11 is 0. The van der Waals surface area contributed by atoms with E-state index >= 15 is 0 Å². The van der Waals surface area contributed by atoms with Crippen molar-refractivity contribution in [1.82, 2.24) is 9.97 Å². The molecule has 136 valence electrons. The van der Waals surface area contributed by atoms with Gasteiger partial charge in [0.1, 0.15) is 5.82 Å². The molecule has 0 aliphatic heterocycles. The van der Waals surface area contributed by atoms with Crippen molar-refractivity contribution >= 4 is 28.8 Å². The van der Waals surface area contributed by atoms with Crippen molar-refractivity contribution in [2.24, 2.45) is 0 Å². The van der Waals surface area contributed by atoms with E-state index in [2.05, 4.69) is 31.9 Å². The molecule has 0 aliphatic rings. The van der Waals surface area contributed by atoms with E-state index in [0.717, 1.165) is 18.3 Å². The summed E-state index contributed by atoms with van der Waals surface area (Å²) in [6.45, 7) is 4.87. The van der Waals surface area contributed by atoms with Crippen LogP contribution in [-0.4, -0.2) is 27.9 Å². The van der Waals surface area contributed by atoms with Crippen LogP contribution in [0.15, 0.2) is 43.2 Å². The van der Waals surface area contributed by atoms with Crippen LogP contribution in [0.25, 0.3) is 0 Å². The fourth-order valence-electron chi connectivity index (χ4n) is 1.88. The van der Waals surface area contributed by atoms with Crippen molar-refractivity contribution in [2.75, 3.05) is 10.6 Å². The number of carbonyl (C=O) groups is 1. The maximum absolute atomic E-state index is 12.1. The highest BCUT2D eigenvalue weighted by Gasteiger charge is 2.31. The molecule has 0 saturated carbocycles. The number of ether oxygens (including phenoxy) is 1. The fourth-order valence-corrected chi connectivity index (χ4v) is 1.88. The third-order valence-corrected chi connectivity index (χ3v) is 2.96. The van der Waals surface area contributed by atoms with Crippen molar-refractivity contribution in [2.45, 2.75) is 13.3 Å². The number of carbonyl (C=O) groups excluding carboxylic acids is 1. The lowest BCUT2D eigenvalue weighted by molar-refractivity contribution is -0.276. The number of rotatable bonds is 6. The van der Waals surface area contributed by atoms with Crippen LogP contribution < -0.4 is 15.4 Å². The molecular formula is C16H14F3N5O2. The molecule has 2 aromatic rings. The van der Waals surface area contributed by atoms with Gasteiger partial charge in [0.2, 0.25) is 11.8 Å². The SMILES string of the molecule is C=CC(=O)Nc1cnc(Nc2ccc(OC(F)(F)F)nc2)c(C(C)=N)c1. The molecule has 2 aromatic heterocycles. The second-order valence-electron chi connectivity index (χ2n) is 5.00. The third-order valence-electron chi connectivity index (χ3n) is 2.96. The number of hydrogen-bond donors (Lipinski definition) is 3. The molecular weight excluding hydrogens is 351 g/mol. The van der Waals surface area contributed by atoms with E-state index in [1.54, 1.807) is 0 Å². The first-order valence-electron chi connectivity index (χ1n) is 7.16. The lowest BCUT2D eigenvalue weighted by atomic mass is 10.1. The Morgan fingerprint density at radius 3 is 2.50 bits per heavy atom. The van der Waals surface area contributed by atoms with Gasteiger partial charge in [-0.2, -0.15) is 0 Å². The largest absolute Gasteiger partial charge is 0.574 e. The molecule has 2 heterocycles. The smallest absolute Gasteiger partial charge is 0.388 e. The van der Waals surface area contributed by atoms with Gasteiger partial charge in [-0.25, -0.2) is 9.97 Å². The van der Waals surface area contributed by atoms with E-state index < -0.39 is 18.1 Å². The van der Waals surface area contributed by atoms with Crippen molar-refractivity contribution in [3.8, 4) is 5.88 Å². The van der Waals surface area contributed by atoms with E-state index in [-0.39, 0.29) is 11.5 Å². The van der Waals surface area contributed by atoms with Crippen LogP contribution >= 0.6 is 0 Å². The first-order valence-corrected chi connectivity index (χ1v) is 7.16. The van der Waals surface area contributed by atoms with E-state index in [0.29, 0.717) is 16.9 Å². The summed E-state index contributed by atoms with van der Waals surface area (Å²) in [6, 6.07) is 3.91. The summed E-state index contributed by atoms with van der Waals surface area (Å²) in [5.74, 6) is -0.743. The summed E-state index contributed by atoms with van der Waals surface area (Å²) in [5.41, 5.74) is 1.27. The number of pyridine rings is 2. The molecule has 0 atom stereocenters. The second-order valence-corrected chi connectivity index (χ2v) is 5.00.